The maximum Gasteiger partial charge on any atom is 0.134 e. The maximum absolute atomic E-state index is 4.37. The van der Waals surface area contributed by atoms with Crippen LogP contribution in [0.25, 0.3) is 0 Å². The van der Waals surface area contributed by atoms with Gasteiger partial charge in [-0.05, 0) is 25.0 Å². The van der Waals surface area contributed by atoms with Gasteiger partial charge in [-0.1, -0.05) is 19.4 Å². The fraction of sp³-hybridized carbons (Fsp3) is 0.400. The van der Waals surface area contributed by atoms with Crippen LogP contribution in [0.5, 0.6) is 0 Å². The van der Waals surface area contributed by atoms with Gasteiger partial charge in [-0.2, -0.15) is 0 Å². The molecule has 0 aliphatic carbocycles. The number of nitrogens with zero attached hydrogens (tertiary/aromatic N) is 3. The minimum absolute atomic E-state index is 0.715. The number of rotatable bonds is 7. The minimum atomic E-state index is 0.715. The smallest absolute Gasteiger partial charge is 0.134 e. The van der Waals surface area contributed by atoms with Crippen molar-refractivity contribution < 1.29 is 0 Å². The topological polar surface area (TPSA) is 62.7 Å². The van der Waals surface area contributed by atoms with E-state index in [0.29, 0.717) is 6.54 Å². The van der Waals surface area contributed by atoms with Gasteiger partial charge in [-0.25, -0.2) is 9.97 Å². The van der Waals surface area contributed by atoms with Gasteiger partial charge >= 0.3 is 0 Å². The summed E-state index contributed by atoms with van der Waals surface area (Å²) in [6.45, 7) is 5.80. The van der Waals surface area contributed by atoms with Crippen molar-refractivity contribution in [3.8, 4) is 0 Å². The van der Waals surface area contributed by atoms with Gasteiger partial charge in [0, 0.05) is 31.0 Å². The lowest BCUT2D eigenvalue weighted by Gasteiger charge is -2.14. The minimum Gasteiger partial charge on any atom is -0.370 e. The second-order valence-corrected chi connectivity index (χ2v) is 4.54. The predicted molar refractivity (Wildman–Crippen MR) is 81.8 cm³/mol. The molecular weight excluding hydrogens is 250 g/mol. The van der Waals surface area contributed by atoms with Crippen LogP contribution in [-0.4, -0.2) is 21.5 Å². The number of aromatic nitrogens is 3. The summed E-state index contributed by atoms with van der Waals surface area (Å²) in [6.07, 6.45) is 7.26. The highest BCUT2D eigenvalue weighted by molar-refractivity contribution is 5.57. The average molecular weight is 271 g/mol. The van der Waals surface area contributed by atoms with E-state index in [1.54, 1.807) is 12.5 Å². The lowest BCUT2D eigenvalue weighted by atomic mass is 10.1. The first-order valence-electron chi connectivity index (χ1n) is 7.05. The molecule has 2 aromatic heterocycles. The van der Waals surface area contributed by atoms with E-state index in [9.17, 15) is 0 Å². The predicted octanol–water partition coefficient (Wildman–Crippen LogP) is 2.87. The Morgan fingerprint density at radius 2 is 1.90 bits per heavy atom. The molecule has 106 valence electrons. The average Bonchev–Trinajstić information content (AvgIpc) is 2.49. The normalized spacial score (nSPS) is 10.3. The zero-order valence-electron chi connectivity index (χ0n) is 12.1. The highest BCUT2D eigenvalue weighted by atomic mass is 15.1. The van der Waals surface area contributed by atoms with Gasteiger partial charge in [0.25, 0.3) is 0 Å². The Labute approximate surface area is 119 Å². The van der Waals surface area contributed by atoms with Crippen molar-refractivity contribution in [1.82, 2.24) is 15.0 Å². The number of nitrogens with one attached hydrogen (secondary N) is 2. The van der Waals surface area contributed by atoms with E-state index >= 15 is 0 Å². The Morgan fingerprint density at radius 1 is 1.10 bits per heavy atom. The van der Waals surface area contributed by atoms with Crippen molar-refractivity contribution in [2.24, 2.45) is 0 Å². The summed E-state index contributed by atoms with van der Waals surface area (Å²) in [7, 11) is 0. The first-order chi connectivity index (χ1) is 9.85. The largest absolute Gasteiger partial charge is 0.370 e. The van der Waals surface area contributed by atoms with Crippen molar-refractivity contribution in [3.05, 3.63) is 42.0 Å². The molecule has 0 atom stereocenters. The van der Waals surface area contributed by atoms with Crippen molar-refractivity contribution in [2.45, 2.75) is 33.2 Å². The first kappa shape index (κ1) is 14.2. The highest BCUT2D eigenvalue weighted by Gasteiger charge is 2.09. The molecule has 0 aromatic carbocycles. The monoisotopic (exact) mass is 271 g/mol. The number of anilines is 2. The molecule has 5 nitrogen and oxygen atoms in total. The van der Waals surface area contributed by atoms with E-state index in [1.165, 1.54) is 0 Å². The summed E-state index contributed by atoms with van der Waals surface area (Å²) < 4.78 is 0. The van der Waals surface area contributed by atoms with E-state index < -0.39 is 0 Å². The second kappa shape index (κ2) is 7.43. The zero-order valence-corrected chi connectivity index (χ0v) is 12.1. The molecule has 2 N–H and O–H groups in total. The van der Waals surface area contributed by atoms with Crippen molar-refractivity contribution in [2.75, 3.05) is 17.2 Å². The third-order valence-corrected chi connectivity index (χ3v) is 2.97. The fourth-order valence-corrected chi connectivity index (χ4v) is 2.06. The van der Waals surface area contributed by atoms with Gasteiger partial charge in [0.1, 0.15) is 18.0 Å². The Kier molecular flexibility index (Phi) is 5.29. The van der Waals surface area contributed by atoms with Crippen molar-refractivity contribution >= 4 is 11.6 Å². The Bertz CT molecular complexity index is 527. The molecule has 2 heterocycles. The second-order valence-electron chi connectivity index (χ2n) is 4.54. The van der Waals surface area contributed by atoms with Crippen LogP contribution in [0.4, 0.5) is 11.6 Å². The molecular formula is C15H21N5. The molecule has 20 heavy (non-hydrogen) atoms. The van der Waals surface area contributed by atoms with E-state index in [1.807, 2.05) is 18.3 Å². The van der Waals surface area contributed by atoms with E-state index in [4.69, 9.17) is 0 Å². The van der Waals surface area contributed by atoms with Gasteiger partial charge in [-0.3, -0.25) is 4.98 Å². The molecule has 0 saturated heterocycles. The molecule has 0 bridgehead atoms. The fourth-order valence-electron chi connectivity index (χ4n) is 2.06. The van der Waals surface area contributed by atoms with E-state index in [0.717, 1.165) is 42.1 Å². The summed E-state index contributed by atoms with van der Waals surface area (Å²) >= 11 is 0. The van der Waals surface area contributed by atoms with Gasteiger partial charge in [0.15, 0.2) is 0 Å². The third kappa shape index (κ3) is 3.66. The van der Waals surface area contributed by atoms with Gasteiger partial charge < -0.3 is 10.6 Å². The molecule has 0 aliphatic rings. The summed E-state index contributed by atoms with van der Waals surface area (Å²) in [5.41, 5.74) is 2.29. The Balaban J connectivity index is 2.15. The van der Waals surface area contributed by atoms with Gasteiger partial charge in [0.05, 0.1) is 0 Å². The van der Waals surface area contributed by atoms with Crippen LogP contribution in [0.2, 0.25) is 0 Å². The molecule has 0 spiro atoms. The van der Waals surface area contributed by atoms with Gasteiger partial charge in [0.2, 0.25) is 0 Å². The molecule has 5 heteroatoms. The van der Waals surface area contributed by atoms with Crippen LogP contribution < -0.4 is 10.6 Å². The molecule has 0 saturated carbocycles. The quantitative estimate of drug-likeness (QED) is 0.810. The van der Waals surface area contributed by atoms with E-state index in [2.05, 4.69) is 39.4 Å². The molecule has 0 fully saturated rings. The van der Waals surface area contributed by atoms with Crippen LogP contribution >= 0.6 is 0 Å². The van der Waals surface area contributed by atoms with Crippen LogP contribution in [0, 0.1) is 0 Å². The summed E-state index contributed by atoms with van der Waals surface area (Å²) in [5.74, 6) is 1.83. The first-order valence-corrected chi connectivity index (χ1v) is 7.05. The Hall–Kier alpha value is -2.17. The number of hydrogen-bond acceptors (Lipinski definition) is 5. The van der Waals surface area contributed by atoms with E-state index in [-0.39, 0.29) is 0 Å². The lowest BCUT2D eigenvalue weighted by Crippen LogP contribution is -2.10. The van der Waals surface area contributed by atoms with Crippen molar-refractivity contribution in [3.63, 3.8) is 0 Å². The molecule has 0 radical (unpaired) electrons. The maximum atomic E-state index is 4.37. The Morgan fingerprint density at radius 3 is 2.55 bits per heavy atom. The summed E-state index contributed by atoms with van der Waals surface area (Å²) in [5, 5.41) is 6.68. The van der Waals surface area contributed by atoms with Crippen LogP contribution in [0.3, 0.4) is 0 Å². The highest BCUT2D eigenvalue weighted by Crippen LogP contribution is 2.22. The molecule has 0 unspecified atom stereocenters. The standard InChI is InChI=1S/C15H21N5/c1-3-6-13-14(17-4-2)19-11-20-15(13)18-10-12-7-5-8-16-9-12/h5,7-9,11H,3-4,6,10H2,1-2H3,(H2,17,18,19,20). The van der Waals surface area contributed by atoms with Crippen LogP contribution in [-0.2, 0) is 13.0 Å². The molecule has 2 rings (SSSR count). The SMILES string of the molecule is CCCc1c(NCC)ncnc1NCc1cccnc1. The van der Waals surface area contributed by atoms with Gasteiger partial charge in [-0.15, -0.1) is 0 Å². The number of pyridine rings is 1. The zero-order chi connectivity index (χ0) is 14.2. The molecule has 0 amide bonds. The lowest BCUT2D eigenvalue weighted by molar-refractivity contribution is 0.895. The summed E-state index contributed by atoms with van der Waals surface area (Å²) in [6, 6.07) is 3.99. The van der Waals surface area contributed by atoms with Crippen LogP contribution in [0.15, 0.2) is 30.9 Å². The molecule has 2 aromatic rings. The molecule has 0 aliphatic heterocycles. The van der Waals surface area contributed by atoms with Crippen molar-refractivity contribution in [1.29, 1.82) is 0 Å². The van der Waals surface area contributed by atoms with Crippen LogP contribution in [0.1, 0.15) is 31.4 Å². The summed E-state index contributed by atoms with van der Waals surface area (Å²) in [4.78, 5) is 12.8. The number of hydrogen-bond donors (Lipinski definition) is 2. The third-order valence-electron chi connectivity index (χ3n) is 2.97.